The maximum atomic E-state index is 11.7. The molecule has 0 radical (unpaired) electrons. The topological polar surface area (TPSA) is 43.4 Å². The molecule has 104 valence electrons. The lowest BCUT2D eigenvalue weighted by molar-refractivity contribution is -0.114. The molecular formula is C17H18O3. The summed E-state index contributed by atoms with van der Waals surface area (Å²) in [6, 6.07) is 7.18. The zero-order chi connectivity index (χ0) is 15.3. The molecule has 0 bridgehead atoms. The summed E-state index contributed by atoms with van der Waals surface area (Å²) in [7, 11) is 1.39. The Kier molecular flexibility index (Phi) is 5.21. The third-order valence-corrected chi connectivity index (χ3v) is 2.98. The molecule has 0 fully saturated rings. The molecule has 0 aliphatic heterocycles. The summed E-state index contributed by atoms with van der Waals surface area (Å²) in [6.45, 7) is 10.7. The highest BCUT2D eigenvalue weighted by molar-refractivity contribution is 6.06. The van der Waals surface area contributed by atoms with Gasteiger partial charge in [-0.05, 0) is 36.6 Å². The summed E-state index contributed by atoms with van der Waals surface area (Å²) < 4.78 is 4.79. The third kappa shape index (κ3) is 3.54. The fourth-order valence-electron chi connectivity index (χ4n) is 1.73. The highest BCUT2D eigenvalue weighted by atomic mass is 16.5. The van der Waals surface area contributed by atoms with Crippen molar-refractivity contribution in [2.75, 3.05) is 7.11 Å². The fourth-order valence-corrected chi connectivity index (χ4v) is 1.73. The first kappa shape index (κ1) is 15.6. The fraction of sp³-hybridized carbons (Fsp3) is 0.176. The summed E-state index contributed by atoms with van der Waals surface area (Å²) in [5, 5.41) is 0. The summed E-state index contributed by atoms with van der Waals surface area (Å²) in [4.78, 5) is 23.3. The molecule has 0 amide bonds. The van der Waals surface area contributed by atoms with Crippen LogP contribution in [0.4, 0.5) is 0 Å². The minimum atomic E-state index is -0.313. The molecule has 20 heavy (non-hydrogen) atoms. The van der Waals surface area contributed by atoms with E-state index in [4.69, 9.17) is 4.74 Å². The lowest BCUT2D eigenvalue weighted by Crippen LogP contribution is -2.02. The van der Waals surface area contributed by atoms with Gasteiger partial charge in [0.15, 0.2) is 11.5 Å². The lowest BCUT2D eigenvalue weighted by Gasteiger charge is -2.10. The van der Waals surface area contributed by atoms with Crippen LogP contribution in [0.25, 0.3) is 5.57 Å². The van der Waals surface area contributed by atoms with E-state index in [2.05, 4.69) is 13.2 Å². The smallest absolute Gasteiger partial charge is 0.220 e. The van der Waals surface area contributed by atoms with E-state index in [1.807, 2.05) is 12.1 Å². The Bertz CT molecular complexity index is 606. The average Bonchev–Trinajstić information content (AvgIpc) is 2.45. The number of allylic oxidation sites excluding steroid dienone is 3. The van der Waals surface area contributed by atoms with Gasteiger partial charge in [0.2, 0.25) is 5.78 Å². The van der Waals surface area contributed by atoms with Gasteiger partial charge < -0.3 is 4.74 Å². The second-order valence-corrected chi connectivity index (χ2v) is 4.40. The Morgan fingerprint density at radius 3 is 2.15 bits per heavy atom. The van der Waals surface area contributed by atoms with E-state index in [9.17, 15) is 9.59 Å². The van der Waals surface area contributed by atoms with Crippen LogP contribution < -0.4 is 0 Å². The summed E-state index contributed by atoms with van der Waals surface area (Å²) in [6.07, 6.45) is 1.41. The van der Waals surface area contributed by atoms with E-state index >= 15 is 0 Å². The Hall–Kier alpha value is -2.42. The Morgan fingerprint density at radius 1 is 1.10 bits per heavy atom. The molecule has 0 aliphatic rings. The molecule has 0 N–H and O–H groups in total. The van der Waals surface area contributed by atoms with Crippen molar-refractivity contribution in [2.45, 2.75) is 13.8 Å². The molecule has 0 aliphatic carbocycles. The van der Waals surface area contributed by atoms with Crippen molar-refractivity contribution in [3.63, 3.8) is 0 Å². The van der Waals surface area contributed by atoms with Crippen LogP contribution in [0.5, 0.6) is 0 Å². The van der Waals surface area contributed by atoms with Gasteiger partial charge >= 0.3 is 0 Å². The molecule has 1 aromatic carbocycles. The van der Waals surface area contributed by atoms with E-state index in [-0.39, 0.29) is 17.3 Å². The normalized spacial score (nSPS) is 10.8. The number of ether oxygens (including phenoxy) is 1. The molecule has 1 rings (SSSR count). The van der Waals surface area contributed by atoms with Gasteiger partial charge in [0.25, 0.3) is 0 Å². The predicted molar refractivity (Wildman–Crippen MR) is 80.4 cm³/mol. The quantitative estimate of drug-likeness (QED) is 0.343. The van der Waals surface area contributed by atoms with Gasteiger partial charge in [-0.25, -0.2) is 0 Å². The van der Waals surface area contributed by atoms with Gasteiger partial charge in [0.05, 0.1) is 7.11 Å². The number of carbonyl (C=O) groups is 2. The molecule has 0 atom stereocenters. The Balaban J connectivity index is 3.13. The average molecular weight is 270 g/mol. The first-order chi connectivity index (χ1) is 9.38. The van der Waals surface area contributed by atoms with E-state index < -0.39 is 0 Å². The molecule has 0 saturated heterocycles. The van der Waals surface area contributed by atoms with E-state index in [1.54, 1.807) is 19.1 Å². The molecule has 3 nitrogen and oxygen atoms in total. The third-order valence-electron chi connectivity index (χ3n) is 2.98. The van der Waals surface area contributed by atoms with Gasteiger partial charge in [-0.1, -0.05) is 37.4 Å². The second kappa shape index (κ2) is 6.66. The van der Waals surface area contributed by atoms with Crippen LogP contribution in [0.15, 0.2) is 54.8 Å². The van der Waals surface area contributed by atoms with Gasteiger partial charge in [0, 0.05) is 5.56 Å². The number of ketones is 2. The standard InChI is InChI=1S/C17H18O3/c1-11(10-17(19)14(4)20-5)12(2)15-8-6-7-9-16(15)13(3)18/h6-10H,2,4H2,1,3,5H3/b11-10+. The number of hydrogen-bond donors (Lipinski definition) is 0. The van der Waals surface area contributed by atoms with Crippen LogP contribution in [0.3, 0.4) is 0 Å². The van der Waals surface area contributed by atoms with Crippen molar-refractivity contribution < 1.29 is 14.3 Å². The van der Waals surface area contributed by atoms with E-state index in [0.717, 1.165) is 5.56 Å². The highest BCUT2D eigenvalue weighted by Crippen LogP contribution is 2.24. The van der Waals surface area contributed by atoms with Gasteiger partial charge in [-0.3, -0.25) is 9.59 Å². The van der Waals surface area contributed by atoms with Crippen LogP contribution >= 0.6 is 0 Å². The Labute approximate surface area is 119 Å². The van der Waals surface area contributed by atoms with Crippen LogP contribution in [0.1, 0.15) is 29.8 Å². The van der Waals surface area contributed by atoms with Crippen LogP contribution in [-0.4, -0.2) is 18.7 Å². The number of rotatable bonds is 6. The van der Waals surface area contributed by atoms with Gasteiger partial charge in [0.1, 0.15) is 0 Å². The second-order valence-electron chi connectivity index (χ2n) is 4.40. The van der Waals surface area contributed by atoms with Crippen LogP contribution in [0, 0.1) is 0 Å². The monoisotopic (exact) mass is 270 g/mol. The number of methoxy groups -OCH3 is 1. The minimum Gasteiger partial charge on any atom is -0.493 e. The van der Waals surface area contributed by atoms with E-state index in [0.29, 0.717) is 16.7 Å². The van der Waals surface area contributed by atoms with Gasteiger partial charge in [-0.2, -0.15) is 0 Å². The zero-order valence-corrected chi connectivity index (χ0v) is 12.0. The van der Waals surface area contributed by atoms with Gasteiger partial charge in [-0.15, -0.1) is 0 Å². The van der Waals surface area contributed by atoms with Crippen LogP contribution in [-0.2, 0) is 9.53 Å². The highest BCUT2D eigenvalue weighted by Gasteiger charge is 2.12. The lowest BCUT2D eigenvalue weighted by atomic mass is 9.93. The number of carbonyl (C=O) groups excluding carboxylic acids is 2. The largest absolute Gasteiger partial charge is 0.493 e. The van der Waals surface area contributed by atoms with Crippen molar-refractivity contribution in [3.05, 3.63) is 66.0 Å². The SMILES string of the molecule is C=C(OC)C(=O)/C=C(\C)C(=C)c1ccccc1C(C)=O. The number of hydrogen-bond acceptors (Lipinski definition) is 3. The molecule has 0 spiro atoms. The summed E-state index contributed by atoms with van der Waals surface area (Å²) in [5.41, 5.74) is 2.61. The maximum absolute atomic E-state index is 11.7. The minimum absolute atomic E-state index is 0.0397. The van der Waals surface area contributed by atoms with Crippen LogP contribution in [0.2, 0.25) is 0 Å². The maximum Gasteiger partial charge on any atom is 0.220 e. The first-order valence-corrected chi connectivity index (χ1v) is 6.13. The number of benzene rings is 1. The van der Waals surface area contributed by atoms with Crippen molar-refractivity contribution >= 4 is 17.1 Å². The zero-order valence-electron chi connectivity index (χ0n) is 12.0. The van der Waals surface area contributed by atoms with E-state index in [1.165, 1.54) is 20.1 Å². The summed E-state index contributed by atoms with van der Waals surface area (Å²) >= 11 is 0. The molecule has 1 aromatic rings. The van der Waals surface area contributed by atoms with Crippen molar-refractivity contribution in [2.24, 2.45) is 0 Å². The molecule has 0 aromatic heterocycles. The Morgan fingerprint density at radius 2 is 1.65 bits per heavy atom. The van der Waals surface area contributed by atoms with Crippen molar-refractivity contribution in [1.82, 2.24) is 0 Å². The summed E-state index contributed by atoms with van der Waals surface area (Å²) in [5.74, 6) is -0.286. The molecule has 0 unspecified atom stereocenters. The van der Waals surface area contributed by atoms with Crippen molar-refractivity contribution in [1.29, 1.82) is 0 Å². The molecular weight excluding hydrogens is 252 g/mol. The molecule has 3 heteroatoms. The molecule has 0 heterocycles. The first-order valence-electron chi connectivity index (χ1n) is 6.13. The number of Topliss-reactive ketones (excluding diaryl/α,β-unsaturated/α-hetero) is 1. The predicted octanol–water partition coefficient (Wildman–Crippen LogP) is 3.58. The molecule has 0 saturated carbocycles. The van der Waals surface area contributed by atoms with Crippen molar-refractivity contribution in [3.8, 4) is 0 Å².